The second kappa shape index (κ2) is 55.9. The van der Waals surface area contributed by atoms with Gasteiger partial charge in [0.05, 0.1) is 6.61 Å². The third-order valence-electron chi connectivity index (χ3n) is 13.8. The molecule has 1 fully saturated rings. The molecule has 0 aromatic heterocycles. The SMILES string of the molecule is CC/C=C\C/C=C\C/C=C\C/C=C\CCCCCCCCC(=O)OC1C(OCC(COC(=O)CCCCCCCCC/C=C\C/C=C\C/C=C\CC)OC(=O)CCCCCCC/C=C\C/C=C\CCCCC)OC(C(=O)O)C(O)C1O. The molecule has 6 atom stereocenters. The number of hydrogen-bond donors (Lipinski definition) is 3. The second-order valence-electron chi connectivity index (χ2n) is 21.3. The molecule has 0 aliphatic carbocycles. The topological polar surface area (TPSA) is 175 Å². The summed E-state index contributed by atoms with van der Waals surface area (Å²) in [6.07, 6.45) is 63.2. The number of allylic oxidation sites excluding steroid dienone is 18. The Morgan fingerprint density at radius 2 is 0.778 bits per heavy atom. The molecular formula is C69H112O12. The molecule has 0 aromatic rings. The summed E-state index contributed by atoms with van der Waals surface area (Å²) in [4.78, 5) is 51.3. The highest BCUT2D eigenvalue weighted by Crippen LogP contribution is 2.26. The maximum absolute atomic E-state index is 13.2. The van der Waals surface area contributed by atoms with Crippen LogP contribution >= 0.6 is 0 Å². The summed E-state index contributed by atoms with van der Waals surface area (Å²) in [6.45, 7) is 5.73. The molecule has 6 unspecified atom stereocenters. The molecule has 0 spiro atoms. The maximum atomic E-state index is 13.2. The van der Waals surface area contributed by atoms with Gasteiger partial charge in [0.2, 0.25) is 0 Å². The number of carbonyl (C=O) groups is 4. The minimum atomic E-state index is -1.92. The van der Waals surface area contributed by atoms with E-state index in [0.29, 0.717) is 19.3 Å². The van der Waals surface area contributed by atoms with Gasteiger partial charge in [-0.15, -0.1) is 0 Å². The zero-order valence-corrected chi connectivity index (χ0v) is 50.7. The summed E-state index contributed by atoms with van der Waals surface area (Å²) in [5.74, 6) is -3.17. The Hall–Kier alpha value is -4.62. The lowest BCUT2D eigenvalue weighted by Gasteiger charge is -2.40. The van der Waals surface area contributed by atoms with Crippen LogP contribution in [0, 0.1) is 0 Å². The van der Waals surface area contributed by atoms with E-state index in [-0.39, 0.29) is 25.9 Å². The van der Waals surface area contributed by atoms with Gasteiger partial charge in [-0.1, -0.05) is 220 Å². The van der Waals surface area contributed by atoms with Gasteiger partial charge in [-0.05, 0) is 122 Å². The maximum Gasteiger partial charge on any atom is 0.335 e. The Morgan fingerprint density at radius 3 is 1.19 bits per heavy atom. The van der Waals surface area contributed by atoms with Crippen molar-refractivity contribution < 1.29 is 58.2 Å². The summed E-state index contributed by atoms with van der Waals surface area (Å²) in [7, 11) is 0. The van der Waals surface area contributed by atoms with Crippen molar-refractivity contribution in [1.82, 2.24) is 0 Å². The molecule has 0 radical (unpaired) electrons. The van der Waals surface area contributed by atoms with Crippen LogP contribution in [0.15, 0.2) is 109 Å². The van der Waals surface area contributed by atoms with E-state index in [1.165, 1.54) is 25.7 Å². The molecule has 1 heterocycles. The fourth-order valence-electron chi connectivity index (χ4n) is 8.99. The molecule has 12 nitrogen and oxygen atoms in total. The Morgan fingerprint density at radius 1 is 0.420 bits per heavy atom. The van der Waals surface area contributed by atoms with Crippen molar-refractivity contribution >= 4 is 23.9 Å². The second-order valence-corrected chi connectivity index (χ2v) is 21.3. The summed E-state index contributed by atoms with van der Waals surface area (Å²) in [6, 6.07) is 0. The smallest absolute Gasteiger partial charge is 0.335 e. The van der Waals surface area contributed by atoms with Gasteiger partial charge in [0.1, 0.15) is 18.8 Å². The molecule has 1 aliphatic heterocycles. The number of aliphatic hydroxyl groups is 2. The lowest BCUT2D eigenvalue weighted by atomic mass is 9.98. The molecule has 3 N–H and O–H groups in total. The Balaban J connectivity index is 2.69. The average Bonchev–Trinajstić information content (AvgIpc) is 3.54. The van der Waals surface area contributed by atoms with E-state index >= 15 is 0 Å². The number of carbonyl (C=O) groups excluding carboxylic acids is 3. The number of carboxylic acid groups (broad SMARTS) is 1. The first-order chi connectivity index (χ1) is 39.6. The average molecular weight is 1130 g/mol. The number of ether oxygens (including phenoxy) is 5. The lowest BCUT2D eigenvalue weighted by Crippen LogP contribution is -2.61. The van der Waals surface area contributed by atoms with Crippen molar-refractivity contribution in [2.45, 2.75) is 289 Å². The van der Waals surface area contributed by atoms with Crippen LogP contribution in [0.3, 0.4) is 0 Å². The number of aliphatic carboxylic acids is 1. The third-order valence-corrected chi connectivity index (χ3v) is 13.8. The van der Waals surface area contributed by atoms with Gasteiger partial charge in [0.25, 0.3) is 0 Å². The van der Waals surface area contributed by atoms with Crippen molar-refractivity contribution in [3.8, 4) is 0 Å². The van der Waals surface area contributed by atoms with Crippen LogP contribution in [-0.2, 0) is 42.9 Å². The van der Waals surface area contributed by atoms with Gasteiger partial charge in [-0.25, -0.2) is 4.79 Å². The van der Waals surface area contributed by atoms with E-state index in [2.05, 4.69) is 130 Å². The highest BCUT2D eigenvalue weighted by atomic mass is 16.7. The summed E-state index contributed by atoms with van der Waals surface area (Å²) in [5.41, 5.74) is 0. The first kappa shape index (κ1) is 74.4. The molecule has 12 heteroatoms. The summed E-state index contributed by atoms with van der Waals surface area (Å²) >= 11 is 0. The van der Waals surface area contributed by atoms with E-state index in [1.54, 1.807) is 0 Å². The number of hydrogen-bond acceptors (Lipinski definition) is 11. The molecule has 1 rings (SSSR count). The van der Waals surface area contributed by atoms with E-state index in [9.17, 15) is 34.5 Å². The Kier molecular flexibility index (Phi) is 51.3. The Bertz CT molecular complexity index is 1820. The minimum Gasteiger partial charge on any atom is -0.479 e. The van der Waals surface area contributed by atoms with Crippen molar-refractivity contribution in [1.29, 1.82) is 0 Å². The van der Waals surface area contributed by atoms with Gasteiger partial charge in [-0.2, -0.15) is 0 Å². The molecule has 0 aromatic carbocycles. The van der Waals surface area contributed by atoms with Crippen LogP contribution in [0.4, 0.5) is 0 Å². The molecular weight excluding hydrogens is 1020 g/mol. The Labute approximate surface area is 491 Å². The van der Waals surface area contributed by atoms with Crippen LogP contribution in [0.2, 0.25) is 0 Å². The lowest BCUT2D eigenvalue weighted by molar-refractivity contribution is -0.301. The van der Waals surface area contributed by atoms with Crippen molar-refractivity contribution in [2.75, 3.05) is 13.2 Å². The van der Waals surface area contributed by atoms with E-state index in [1.807, 2.05) is 0 Å². The molecule has 1 saturated heterocycles. The van der Waals surface area contributed by atoms with Crippen LogP contribution in [0.25, 0.3) is 0 Å². The van der Waals surface area contributed by atoms with Crippen LogP contribution in [0.1, 0.15) is 252 Å². The van der Waals surface area contributed by atoms with Crippen molar-refractivity contribution in [3.63, 3.8) is 0 Å². The monoisotopic (exact) mass is 1130 g/mol. The van der Waals surface area contributed by atoms with Crippen molar-refractivity contribution in [3.05, 3.63) is 109 Å². The largest absolute Gasteiger partial charge is 0.479 e. The molecule has 1 aliphatic rings. The standard InChI is InChI=1S/C69H112O12/c1-4-7-10-13-16-19-22-25-28-30-31-33-36-39-42-45-48-51-54-57-63(72)80-67-65(74)64(73)66(68(75)76)81-69(67)78-59-60(79-62(71)56-53-50-47-44-41-38-34-27-24-21-18-15-12-9-6-3)58-77-61(70)55-52-49-46-43-40-37-35-32-29-26-23-20-17-14-11-8-5-2/h7-8,10-11,16-21,25-29,31,33-34,60,64-67,69,73-74H,4-6,9,12-15,22-24,30,32,35-59H2,1-3H3,(H,75,76)/b10-7-,11-8-,19-16-,20-17-,21-18-,28-25-,29-26-,33-31-,34-27-. The highest BCUT2D eigenvalue weighted by Gasteiger charge is 2.50. The molecule has 81 heavy (non-hydrogen) atoms. The van der Waals surface area contributed by atoms with Gasteiger partial charge in [-0.3, -0.25) is 14.4 Å². The normalized spacial score (nSPS) is 18.5. The quantitative estimate of drug-likeness (QED) is 0.0228. The van der Waals surface area contributed by atoms with E-state index in [0.717, 1.165) is 167 Å². The summed E-state index contributed by atoms with van der Waals surface area (Å²) < 4.78 is 28.5. The first-order valence-electron chi connectivity index (χ1n) is 31.9. The molecule has 460 valence electrons. The molecule has 0 saturated carbocycles. The van der Waals surface area contributed by atoms with Crippen LogP contribution in [0.5, 0.6) is 0 Å². The van der Waals surface area contributed by atoms with Gasteiger partial charge >= 0.3 is 23.9 Å². The number of rotatable bonds is 53. The minimum absolute atomic E-state index is 0.0367. The predicted molar refractivity (Wildman–Crippen MR) is 330 cm³/mol. The fourth-order valence-corrected chi connectivity index (χ4v) is 8.99. The third kappa shape index (κ3) is 45.6. The molecule has 0 bridgehead atoms. The highest BCUT2D eigenvalue weighted by molar-refractivity contribution is 5.74. The van der Waals surface area contributed by atoms with E-state index in [4.69, 9.17) is 23.7 Å². The number of carboxylic acids is 1. The predicted octanol–water partition coefficient (Wildman–Crippen LogP) is 17.0. The van der Waals surface area contributed by atoms with Crippen LogP contribution < -0.4 is 0 Å². The zero-order chi connectivity index (χ0) is 58.9. The van der Waals surface area contributed by atoms with Crippen molar-refractivity contribution in [2.24, 2.45) is 0 Å². The number of esters is 3. The number of unbranched alkanes of at least 4 members (excludes halogenated alkanes) is 21. The van der Waals surface area contributed by atoms with Crippen LogP contribution in [-0.4, -0.2) is 89.2 Å². The number of aliphatic hydroxyl groups excluding tert-OH is 2. The first-order valence-corrected chi connectivity index (χ1v) is 31.9. The van der Waals surface area contributed by atoms with Gasteiger partial charge in [0.15, 0.2) is 24.6 Å². The summed E-state index contributed by atoms with van der Waals surface area (Å²) in [5, 5.41) is 31.6. The van der Waals surface area contributed by atoms with E-state index < -0.39 is 67.3 Å². The van der Waals surface area contributed by atoms with Gasteiger partial charge in [0, 0.05) is 19.3 Å². The zero-order valence-electron chi connectivity index (χ0n) is 50.7. The van der Waals surface area contributed by atoms with Gasteiger partial charge < -0.3 is 39.0 Å². The molecule has 0 amide bonds. The fraction of sp³-hybridized carbons (Fsp3) is 0.681.